The highest BCUT2D eigenvalue weighted by Crippen LogP contribution is 2.28. The summed E-state index contributed by atoms with van der Waals surface area (Å²) >= 11 is 5.35. The average Bonchev–Trinajstić information content (AvgIpc) is 3.27. The first kappa shape index (κ1) is 21.5. The van der Waals surface area contributed by atoms with Gasteiger partial charge < -0.3 is 19.6 Å². The Balaban J connectivity index is 1.48. The van der Waals surface area contributed by atoms with Crippen LogP contribution < -0.4 is 15.4 Å². The summed E-state index contributed by atoms with van der Waals surface area (Å²) in [5.74, 6) is 1.31. The van der Waals surface area contributed by atoms with Gasteiger partial charge in [-0.15, -0.1) is 0 Å². The first-order valence-corrected chi connectivity index (χ1v) is 10.4. The van der Waals surface area contributed by atoms with Crippen LogP contribution >= 0.6 is 12.2 Å². The molecule has 162 valence electrons. The Morgan fingerprint density at radius 2 is 1.81 bits per heavy atom. The highest BCUT2D eigenvalue weighted by Gasteiger charge is 2.15. The third kappa shape index (κ3) is 4.49. The lowest BCUT2D eigenvalue weighted by atomic mass is 10.1. The summed E-state index contributed by atoms with van der Waals surface area (Å²) < 4.78 is 11.0. The minimum atomic E-state index is -0.356. The quantitative estimate of drug-likeness (QED) is 0.373. The Kier molecular flexibility index (Phi) is 6.20. The van der Waals surface area contributed by atoms with Crippen LogP contribution in [-0.4, -0.2) is 23.2 Å². The highest BCUT2D eigenvalue weighted by atomic mass is 32.1. The number of rotatable bonds is 5. The van der Waals surface area contributed by atoms with Crippen LogP contribution in [-0.2, 0) is 6.61 Å². The van der Waals surface area contributed by atoms with Crippen molar-refractivity contribution in [3.05, 3.63) is 83.6 Å². The number of aliphatic hydroxyl groups excluding tert-OH is 1. The number of carbonyl (C=O) groups excluding carboxylic acids is 1. The van der Waals surface area contributed by atoms with Crippen molar-refractivity contribution in [1.82, 2.24) is 5.32 Å². The fourth-order valence-corrected chi connectivity index (χ4v) is 3.73. The van der Waals surface area contributed by atoms with E-state index in [1.165, 1.54) is 7.11 Å². The number of carbonyl (C=O) groups is 1. The maximum atomic E-state index is 12.9. The number of methoxy groups -OCH3 is 1. The summed E-state index contributed by atoms with van der Waals surface area (Å²) in [7, 11) is 1.53. The van der Waals surface area contributed by atoms with Crippen molar-refractivity contribution >= 4 is 39.7 Å². The van der Waals surface area contributed by atoms with Gasteiger partial charge in [0.1, 0.15) is 23.9 Å². The number of hydrogen-bond acceptors (Lipinski definition) is 5. The number of aryl methyl sites for hydroxylation is 1. The van der Waals surface area contributed by atoms with Gasteiger partial charge in [0, 0.05) is 11.3 Å². The van der Waals surface area contributed by atoms with Gasteiger partial charge in [0.25, 0.3) is 5.91 Å². The van der Waals surface area contributed by atoms with Gasteiger partial charge in [-0.2, -0.15) is 0 Å². The molecule has 0 radical (unpaired) electrons. The van der Waals surface area contributed by atoms with E-state index < -0.39 is 0 Å². The molecule has 0 saturated carbocycles. The summed E-state index contributed by atoms with van der Waals surface area (Å²) in [4.78, 5) is 12.9. The van der Waals surface area contributed by atoms with E-state index in [1.54, 1.807) is 12.1 Å². The highest BCUT2D eigenvalue weighted by molar-refractivity contribution is 7.80. The number of aliphatic hydroxyl groups is 1. The van der Waals surface area contributed by atoms with Gasteiger partial charge >= 0.3 is 0 Å². The second kappa shape index (κ2) is 9.21. The third-order valence-corrected chi connectivity index (χ3v) is 5.31. The molecule has 0 aliphatic rings. The first-order valence-electron chi connectivity index (χ1n) is 9.98. The average molecular weight is 447 g/mol. The zero-order valence-electron chi connectivity index (χ0n) is 17.6. The zero-order valence-corrected chi connectivity index (χ0v) is 18.5. The van der Waals surface area contributed by atoms with Gasteiger partial charge in [-0.05, 0) is 77.9 Å². The van der Waals surface area contributed by atoms with Crippen LogP contribution in [0.4, 0.5) is 5.69 Å². The number of thiocarbonyl (C=S) groups is 1. The van der Waals surface area contributed by atoms with Crippen LogP contribution in [0.5, 0.6) is 5.75 Å². The Bertz CT molecular complexity index is 1310. The maximum absolute atomic E-state index is 12.9. The van der Waals surface area contributed by atoms with Gasteiger partial charge in [-0.3, -0.25) is 10.1 Å². The van der Waals surface area contributed by atoms with Gasteiger partial charge in [0.05, 0.1) is 12.7 Å². The summed E-state index contributed by atoms with van der Waals surface area (Å²) in [6.45, 7) is 1.80. The Labute approximate surface area is 190 Å². The minimum absolute atomic E-state index is 0.144. The normalized spacial score (nSPS) is 10.7. The molecule has 0 aliphatic heterocycles. The predicted molar refractivity (Wildman–Crippen MR) is 129 cm³/mol. The molecule has 32 heavy (non-hydrogen) atoms. The Morgan fingerprint density at radius 3 is 2.47 bits per heavy atom. The number of amides is 1. The van der Waals surface area contributed by atoms with Crippen LogP contribution in [0.3, 0.4) is 0 Å². The second-order valence-electron chi connectivity index (χ2n) is 7.26. The number of anilines is 1. The monoisotopic (exact) mass is 446 g/mol. The number of hydrogen-bond donors (Lipinski definition) is 3. The molecule has 0 spiro atoms. The molecule has 1 amide bonds. The molecule has 3 N–H and O–H groups in total. The molecule has 0 unspecified atom stereocenters. The molecule has 7 heteroatoms. The molecule has 1 heterocycles. The van der Waals surface area contributed by atoms with Gasteiger partial charge in [0.2, 0.25) is 0 Å². The van der Waals surface area contributed by atoms with E-state index in [4.69, 9.17) is 21.4 Å². The lowest BCUT2D eigenvalue weighted by Crippen LogP contribution is -2.34. The number of furan rings is 1. The van der Waals surface area contributed by atoms with Gasteiger partial charge in [-0.25, -0.2) is 0 Å². The Morgan fingerprint density at radius 1 is 1.06 bits per heavy atom. The van der Waals surface area contributed by atoms with Crippen molar-refractivity contribution in [2.24, 2.45) is 0 Å². The molecule has 4 rings (SSSR count). The van der Waals surface area contributed by atoms with E-state index in [-0.39, 0.29) is 17.6 Å². The van der Waals surface area contributed by atoms with E-state index in [0.29, 0.717) is 22.8 Å². The molecule has 0 fully saturated rings. The lowest BCUT2D eigenvalue weighted by Gasteiger charge is -2.13. The molecule has 1 aromatic heterocycles. The Hall–Kier alpha value is -3.68. The van der Waals surface area contributed by atoms with E-state index in [1.807, 2.05) is 61.5 Å². The molecular formula is C25H22N2O4S. The van der Waals surface area contributed by atoms with Gasteiger partial charge in [0.15, 0.2) is 5.11 Å². The number of fused-ring (bicyclic) bond motifs is 1. The van der Waals surface area contributed by atoms with Crippen molar-refractivity contribution in [1.29, 1.82) is 0 Å². The molecular weight excluding hydrogens is 424 g/mol. The smallest absolute Gasteiger partial charge is 0.261 e. The second-order valence-corrected chi connectivity index (χ2v) is 7.67. The SMILES string of the molecule is COc1cc2ccccc2cc1C(=O)NC(=S)Nc1ccc(-c2ccc(CO)o2)c(C)c1. The fourth-order valence-electron chi connectivity index (χ4n) is 3.52. The van der Waals surface area contributed by atoms with E-state index in [9.17, 15) is 9.90 Å². The van der Waals surface area contributed by atoms with Crippen molar-refractivity contribution in [2.75, 3.05) is 12.4 Å². The van der Waals surface area contributed by atoms with Crippen LogP contribution in [0.15, 0.2) is 71.1 Å². The van der Waals surface area contributed by atoms with Crippen LogP contribution in [0.2, 0.25) is 0 Å². The van der Waals surface area contributed by atoms with Gasteiger partial charge in [-0.1, -0.05) is 24.3 Å². The molecule has 0 bridgehead atoms. The minimum Gasteiger partial charge on any atom is -0.496 e. The molecule has 3 aromatic carbocycles. The molecule has 6 nitrogen and oxygen atoms in total. The summed E-state index contributed by atoms with van der Waals surface area (Å²) in [5.41, 5.74) is 3.00. The summed E-state index contributed by atoms with van der Waals surface area (Å²) in [5, 5.41) is 17.0. The number of nitrogens with one attached hydrogen (secondary N) is 2. The number of ether oxygens (including phenoxy) is 1. The zero-order chi connectivity index (χ0) is 22.7. The standard InChI is InChI=1S/C25H22N2O4S/c1-15-11-18(7-9-20(15)22-10-8-19(14-28)31-22)26-25(32)27-24(29)21-12-16-5-3-4-6-17(16)13-23(21)30-2/h3-13,28H,14H2,1-2H3,(H2,26,27,29,32). The van der Waals surface area contributed by atoms with Crippen LogP contribution in [0, 0.1) is 6.92 Å². The summed E-state index contributed by atoms with van der Waals surface area (Å²) in [6.07, 6.45) is 0. The first-order chi connectivity index (χ1) is 15.5. The maximum Gasteiger partial charge on any atom is 0.261 e. The summed E-state index contributed by atoms with van der Waals surface area (Å²) in [6, 6.07) is 20.6. The van der Waals surface area contributed by atoms with Crippen molar-refractivity contribution < 1.29 is 19.1 Å². The van der Waals surface area contributed by atoms with Crippen molar-refractivity contribution in [3.8, 4) is 17.1 Å². The lowest BCUT2D eigenvalue weighted by molar-refractivity contribution is 0.0975. The van der Waals surface area contributed by atoms with E-state index in [2.05, 4.69) is 10.6 Å². The van der Waals surface area contributed by atoms with E-state index >= 15 is 0 Å². The third-order valence-electron chi connectivity index (χ3n) is 5.11. The van der Waals surface area contributed by atoms with E-state index in [0.717, 1.165) is 27.6 Å². The van der Waals surface area contributed by atoms with Crippen molar-refractivity contribution in [3.63, 3.8) is 0 Å². The predicted octanol–water partition coefficient (Wildman–Crippen LogP) is 5.04. The fraction of sp³-hybridized carbons (Fsp3) is 0.120. The number of benzene rings is 3. The van der Waals surface area contributed by atoms with Crippen LogP contribution in [0.1, 0.15) is 21.7 Å². The largest absolute Gasteiger partial charge is 0.496 e. The van der Waals surface area contributed by atoms with Crippen LogP contribution in [0.25, 0.3) is 22.1 Å². The topological polar surface area (TPSA) is 83.7 Å². The van der Waals surface area contributed by atoms with Crippen molar-refractivity contribution in [2.45, 2.75) is 13.5 Å². The molecule has 0 atom stereocenters. The molecule has 0 saturated heterocycles. The molecule has 4 aromatic rings. The molecule has 0 aliphatic carbocycles.